The third-order valence-corrected chi connectivity index (χ3v) is 5.47. The molecule has 150 valence electrons. The molecule has 6 nitrogen and oxygen atoms in total. The van der Waals surface area contributed by atoms with Crippen LogP contribution in [0.2, 0.25) is 0 Å². The van der Waals surface area contributed by atoms with Gasteiger partial charge in [-0.05, 0) is 42.5 Å². The second-order valence-corrected chi connectivity index (χ2v) is 7.74. The van der Waals surface area contributed by atoms with E-state index in [-0.39, 0.29) is 17.6 Å². The predicted molar refractivity (Wildman–Crippen MR) is 116 cm³/mol. The first kappa shape index (κ1) is 20.5. The fourth-order valence-electron chi connectivity index (χ4n) is 2.95. The number of nitro benzene ring substituents is 1. The molecule has 3 aromatic rings. The van der Waals surface area contributed by atoms with Crippen molar-refractivity contribution in [2.45, 2.75) is 25.8 Å². The summed E-state index contributed by atoms with van der Waals surface area (Å²) in [6.45, 7) is 2.65. The number of non-ortho nitro benzene ring substituents is 1. The Morgan fingerprint density at radius 2 is 1.83 bits per heavy atom. The molecule has 0 fully saturated rings. The number of benzene rings is 2. The monoisotopic (exact) mass is 409 g/mol. The van der Waals surface area contributed by atoms with E-state index < -0.39 is 4.92 Å². The van der Waals surface area contributed by atoms with Gasteiger partial charge in [0, 0.05) is 35.7 Å². The van der Waals surface area contributed by atoms with E-state index in [1.807, 2.05) is 24.4 Å². The summed E-state index contributed by atoms with van der Waals surface area (Å²) in [6, 6.07) is 18.3. The SMILES string of the molecule is Cc1ccc(C(NC(=O)CCCNc2ccc([N+](=O)[O-])cc2)c2cccs2)cc1. The maximum absolute atomic E-state index is 12.5. The standard InChI is InChI=1S/C22H23N3O3S/c1-16-6-8-17(9-7-16)22(20-4-3-15-29-20)24-21(26)5-2-14-23-18-10-12-19(13-11-18)25(27)28/h3-4,6-13,15,22-23H,2,5,14H2,1H3,(H,24,26). The minimum Gasteiger partial charge on any atom is -0.385 e. The van der Waals surface area contributed by atoms with Crippen molar-refractivity contribution >= 4 is 28.6 Å². The number of nitrogens with zero attached hydrogens (tertiary/aromatic N) is 1. The van der Waals surface area contributed by atoms with Crippen LogP contribution >= 0.6 is 11.3 Å². The molecule has 0 spiro atoms. The van der Waals surface area contributed by atoms with E-state index in [2.05, 4.69) is 34.9 Å². The predicted octanol–water partition coefficient (Wildman–Crippen LogP) is 5.06. The Morgan fingerprint density at radius 3 is 2.45 bits per heavy atom. The third-order valence-electron chi connectivity index (χ3n) is 4.53. The zero-order chi connectivity index (χ0) is 20.6. The summed E-state index contributed by atoms with van der Waals surface area (Å²) in [5.41, 5.74) is 3.11. The number of anilines is 1. The number of hydrogen-bond donors (Lipinski definition) is 2. The molecule has 2 aromatic carbocycles. The van der Waals surface area contributed by atoms with E-state index in [0.29, 0.717) is 19.4 Å². The molecule has 1 aromatic heterocycles. The maximum atomic E-state index is 12.5. The van der Waals surface area contributed by atoms with E-state index in [4.69, 9.17) is 0 Å². The number of thiophene rings is 1. The topological polar surface area (TPSA) is 84.3 Å². The highest BCUT2D eigenvalue weighted by atomic mass is 32.1. The molecule has 0 aliphatic rings. The molecule has 0 aliphatic heterocycles. The lowest BCUT2D eigenvalue weighted by atomic mass is 10.0. The Morgan fingerprint density at radius 1 is 1.10 bits per heavy atom. The van der Waals surface area contributed by atoms with Gasteiger partial charge in [-0.3, -0.25) is 14.9 Å². The van der Waals surface area contributed by atoms with E-state index in [9.17, 15) is 14.9 Å². The number of hydrogen-bond acceptors (Lipinski definition) is 5. The van der Waals surface area contributed by atoms with Gasteiger partial charge in [-0.15, -0.1) is 11.3 Å². The highest BCUT2D eigenvalue weighted by Gasteiger charge is 2.17. The molecule has 1 unspecified atom stereocenters. The van der Waals surface area contributed by atoms with E-state index in [0.717, 1.165) is 16.1 Å². The van der Waals surface area contributed by atoms with Crippen molar-refractivity contribution < 1.29 is 9.72 Å². The number of amides is 1. The van der Waals surface area contributed by atoms with Crippen LogP contribution in [-0.4, -0.2) is 17.4 Å². The van der Waals surface area contributed by atoms with Crippen LogP contribution in [0.15, 0.2) is 66.0 Å². The zero-order valence-electron chi connectivity index (χ0n) is 16.1. The van der Waals surface area contributed by atoms with E-state index in [1.165, 1.54) is 17.7 Å². The van der Waals surface area contributed by atoms with Gasteiger partial charge in [0.05, 0.1) is 11.0 Å². The van der Waals surface area contributed by atoms with Gasteiger partial charge in [0.15, 0.2) is 0 Å². The summed E-state index contributed by atoms with van der Waals surface area (Å²) >= 11 is 1.63. The van der Waals surface area contributed by atoms with Crippen LogP contribution in [-0.2, 0) is 4.79 Å². The first-order chi connectivity index (χ1) is 14.0. The van der Waals surface area contributed by atoms with Gasteiger partial charge in [-0.2, -0.15) is 0 Å². The molecule has 1 amide bonds. The molecular weight excluding hydrogens is 386 g/mol. The molecule has 3 rings (SSSR count). The molecule has 7 heteroatoms. The summed E-state index contributed by atoms with van der Waals surface area (Å²) in [5.74, 6) is -0.00512. The van der Waals surface area contributed by atoms with Crippen molar-refractivity contribution in [1.82, 2.24) is 5.32 Å². The molecule has 0 saturated heterocycles. The van der Waals surface area contributed by atoms with Crippen LogP contribution < -0.4 is 10.6 Å². The maximum Gasteiger partial charge on any atom is 0.269 e. The first-order valence-corrected chi connectivity index (χ1v) is 10.3. The Kier molecular flexibility index (Phi) is 6.97. The minimum atomic E-state index is -0.424. The zero-order valence-corrected chi connectivity index (χ0v) is 16.9. The number of rotatable bonds is 9. The normalized spacial score (nSPS) is 11.6. The quantitative estimate of drug-likeness (QED) is 0.294. The van der Waals surface area contributed by atoms with Gasteiger partial charge < -0.3 is 10.6 Å². The molecule has 1 atom stereocenters. The molecule has 2 N–H and O–H groups in total. The molecule has 0 saturated carbocycles. The number of nitro groups is 1. The Balaban J connectivity index is 1.51. The molecule has 0 radical (unpaired) electrons. The van der Waals surface area contributed by atoms with Gasteiger partial charge >= 0.3 is 0 Å². The second-order valence-electron chi connectivity index (χ2n) is 6.76. The Bertz CT molecular complexity index is 938. The van der Waals surface area contributed by atoms with Gasteiger partial charge in [-0.1, -0.05) is 35.9 Å². The lowest BCUT2D eigenvalue weighted by molar-refractivity contribution is -0.384. The molecule has 29 heavy (non-hydrogen) atoms. The van der Waals surface area contributed by atoms with E-state index in [1.54, 1.807) is 23.5 Å². The minimum absolute atomic E-state index is 0.00512. The second kappa shape index (κ2) is 9.84. The molecular formula is C22H23N3O3S. The third kappa shape index (κ3) is 5.89. The number of aryl methyl sites for hydroxylation is 1. The fourth-order valence-corrected chi connectivity index (χ4v) is 3.75. The van der Waals surface area contributed by atoms with Crippen LogP contribution in [0, 0.1) is 17.0 Å². The number of carbonyl (C=O) groups is 1. The van der Waals surface area contributed by atoms with Crippen molar-refractivity contribution in [2.24, 2.45) is 0 Å². The van der Waals surface area contributed by atoms with Gasteiger partial charge in [0.2, 0.25) is 5.91 Å². The highest BCUT2D eigenvalue weighted by molar-refractivity contribution is 7.10. The van der Waals surface area contributed by atoms with Crippen molar-refractivity contribution in [2.75, 3.05) is 11.9 Å². The van der Waals surface area contributed by atoms with E-state index >= 15 is 0 Å². The van der Waals surface area contributed by atoms with Crippen molar-refractivity contribution in [3.63, 3.8) is 0 Å². The van der Waals surface area contributed by atoms with Crippen LogP contribution in [0.4, 0.5) is 11.4 Å². The Hall–Kier alpha value is -3.19. The number of carbonyl (C=O) groups excluding carboxylic acids is 1. The molecule has 1 heterocycles. The lowest BCUT2D eigenvalue weighted by Gasteiger charge is -2.18. The first-order valence-electron chi connectivity index (χ1n) is 9.40. The summed E-state index contributed by atoms with van der Waals surface area (Å²) in [7, 11) is 0. The van der Waals surface area contributed by atoms with Crippen molar-refractivity contribution in [3.8, 4) is 0 Å². The van der Waals surface area contributed by atoms with Crippen molar-refractivity contribution in [3.05, 3.63) is 92.2 Å². The summed E-state index contributed by atoms with van der Waals surface area (Å²) in [4.78, 5) is 23.9. The largest absolute Gasteiger partial charge is 0.385 e. The van der Waals surface area contributed by atoms with Crippen LogP contribution in [0.25, 0.3) is 0 Å². The van der Waals surface area contributed by atoms with Crippen LogP contribution in [0.5, 0.6) is 0 Å². The lowest BCUT2D eigenvalue weighted by Crippen LogP contribution is -2.29. The fraction of sp³-hybridized carbons (Fsp3) is 0.227. The summed E-state index contributed by atoms with van der Waals surface area (Å²) in [6.07, 6.45) is 1.06. The Labute approximate surface area is 173 Å². The van der Waals surface area contributed by atoms with Crippen LogP contribution in [0.1, 0.15) is 34.9 Å². The van der Waals surface area contributed by atoms with Gasteiger partial charge in [0.25, 0.3) is 5.69 Å². The number of nitrogens with one attached hydrogen (secondary N) is 2. The molecule has 0 bridgehead atoms. The van der Waals surface area contributed by atoms with Crippen molar-refractivity contribution in [1.29, 1.82) is 0 Å². The van der Waals surface area contributed by atoms with Gasteiger partial charge in [0.1, 0.15) is 0 Å². The van der Waals surface area contributed by atoms with Crippen LogP contribution in [0.3, 0.4) is 0 Å². The summed E-state index contributed by atoms with van der Waals surface area (Å²) < 4.78 is 0. The smallest absolute Gasteiger partial charge is 0.269 e. The molecule has 0 aliphatic carbocycles. The summed E-state index contributed by atoms with van der Waals surface area (Å²) in [5, 5.41) is 19.0. The van der Waals surface area contributed by atoms with Gasteiger partial charge in [-0.25, -0.2) is 0 Å². The average Bonchev–Trinajstić information content (AvgIpc) is 3.25. The average molecular weight is 410 g/mol. The highest BCUT2D eigenvalue weighted by Crippen LogP contribution is 2.26.